The molecule has 0 spiro atoms. The highest BCUT2D eigenvalue weighted by atomic mass is 14.3. The van der Waals surface area contributed by atoms with Crippen LogP contribution in [-0.2, 0) is 5.41 Å². The van der Waals surface area contributed by atoms with Crippen LogP contribution < -0.4 is 0 Å². The van der Waals surface area contributed by atoms with Gasteiger partial charge in [-0.25, -0.2) is 0 Å². The van der Waals surface area contributed by atoms with Crippen LogP contribution in [0.4, 0.5) is 0 Å². The van der Waals surface area contributed by atoms with Crippen LogP contribution in [0.3, 0.4) is 0 Å². The molecule has 0 amide bonds. The van der Waals surface area contributed by atoms with Crippen LogP contribution >= 0.6 is 0 Å². The van der Waals surface area contributed by atoms with Gasteiger partial charge < -0.3 is 0 Å². The first kappa shape index (κ1) is 47.0. The Morgan fingerprint density at radius 3 is 0.661 bits per heavy atom. The predicted molar refractivity (Wildman–Crippen MR) is 264 cm³/mol. The summed E-state index contributed by atoms with van der Waals surface area (Å²) in [6.45, 7) is 49.0. The van der Waals surface area contributed by atoms with E-state index < -0.39 is 0 Å². The SMILES string of the molecule is Cc1cc(-c2cc(C)c(C)c(C)c2)cc(C)c1C.Cc1cc(-c2cc(C)c(C)c(C)c2C)c(C)c(C)c1C.Cc1cc(C(C)(C)c2cc(C)c(C)c(C)c2)cc(C)c1C. The molecule has 0 saturated carbocycles. The molecule has 312 valence electrons. The topological polar surface area (TPSA) is 0 Å². The van der Waals surface area contributed by atoms with Crippen molar-refractivity contribution in [1.82, 2.24) is 0 Å². The van der Waals surface area contributed by atoms with Crippen molar-refractivity contribution in [1.29, 1.82) is 0 Å². The number of aryl methyl sites for hydroxylation is 10. The minimum Gasteiger partial charge on any atom is -0.0549 e. The van der Waals surface area contributed by atoms with Crippen molar-refractivity contribution in [3.8, 4) is 22.3 Å². The zero-order valence-corrected chi connectivity index (χ0v) is 41.3. The van der Waals surface area contributed by atoms with E-state index in [0.29, 0.717) is 0 Å². The number of hydrogen-bond donors (Lipinski definition) is 0. The Morgan fingerprint density at radius 2 is 0.424 bits per heavy atom. The van der Waals surface area contributed by atoms with E-state index in [9.17, 15) is 0 Å². The van der Waals surface area contributed by atoms with Gasteiger partial charge in [0.1, 0.15) is 0 Å². The van der Waals surface area contributed by atoms with Crippen LogP contribution in [-0.4, -0.2) is 0 Å². The van der Waals surface area contributed by atoms with Crippen LogP contribution in [0.5, 0.6) is 0 Å². The summed E-state index contributed by atoms with van der Waals surface area (Å²) in [5.74, 6) is 0. The average Bonchev–Trinajstić information content (AvgIpc) is 3.18. The van der Waals surface area contributed by atoms with Crippen molar-refractivity contribution in [3.05, 3.63) is 183 Å². The van der Waals surface area contributed by atoms with Crippen molar-refractivity contribution in [2.45, 2.75) is 158 Å². The molecular weight excluding hydrogens is 709 g/mol. The third-order valence-corrected chi connectivity index (χ3v) is 14.7. The summed E-state index contributed by atoms with van der Waals surface area (Å²) in [6.07, 6.45) is 0. The van der Waals surface area contributed by atoms with E-state index in [0.717, 1.165) is 0 Å². The first-order valence-electron chi connectivity index (χ1n) is 21.8. The average molecular weight is 785 g/mol. The Hall–Kier alpha value is -4.68. The summed E-state index contributed by atoms with van der Waals surface area (Å²) in [5, 5.41) is 0. The molecule has 0 atom stereocenters. The van der Waals surface area contributed by atoms with E-state index in [4.69, 9.17) is 0 Å². The molecule has 0 fully saturated rings. The molecule has 0 aliphatic heterocycles. The maximum Gasteiger partial charge on any atom is 0.0146 e. The van der Waals surface area contributed by atoms with Gasteiger partial charge in [-0.1, -0.05) is 74.5 Å². The highest BCUT2D eigenvalue weighted by molar-refractivity contribution is 5.75. The molecule has 0 nitrogen and oxygen atoms in total. The van der Waals surface area contributed by atoms with Crippen molar-refractivity contribution in [2.75, 3.05) is 0 Å². The molecule has 0 unspecified atom stereocenters. The molecule has 59 heavy (non-hydrogen) atoms. The third kappa shape index (κ3) is 9.86. The summed E-state index contributed by atoms with van der Waals surface area (Å²) < 4.78 is 0. The normalized spacial score (nSPS) is 11.2. The van der Waals surface area contributed by atoms with Gasteiger partial charge in [0.15, 0.2) is 0 Å². The lowest BCUT2D eigenvalue weighted by molar-refractivity contribution is 0.637. The van der Waals surface area contributed by atoms with Crippen molar-refractivity contribution in [2.24, 2.45) is 0 Å². The van der Waals surface area contributed by atoms with Gasteiger partial charge in [0.25, 0.3) is 0 Å². The molecule has 6 aromatic rings. The van der Waals surface area contributed by atoms with Crippen LogP contribution in [0, 0.1) is 138 Å². The molecular formula is C59H76. The molecule has 0 aliphatic carbocycles. The van der Waals surface area contributed by atoms with Gasteiger partial charge in [-0.05, 0) is 283 Å². The summed E-state index contributed by atoms with van der Waals surface area (Å²) in [6, 6.07) is 23.3. The second-order valence-corrected chi connectivity index (χ2v) is 18.8. The molecule has 0 saturated heterocycles. The lowest BCUT2D eigenvalue weighted by Gasteiger charge is -2.29. The molecule has 0 radical (unpaired) electrons. The summed E-state index contributed by atoms with van der Waals surface area (Å²) >= 11 is 0. The molecule has 0 N–H and O–H groups in total. The van der Waals surface area contributed by atoms with Gasteiger partial charge >= 0.3 is 0 Å². The summed E-state index contributed by atoms with van der Waals surface area (Å²) in [5.41, 5.74) is 36.3. The van der Waals surface area contributed by atoms with Crippen LogP contribution in [0.2, 0.25) is 0 Å². The van der Waals surface area contributed by atoms with Gasteiger partial charge in [-0.15, -0.1) is 0 Å². The zero-order valence-electron chi connectivity index (χ0n) is 41.3. The van der Waals surface area contributed by atoms with E-state index in [1.54, 1.807) is 0 Å². The molecule has 0 aliphatic rings. The first-order valence-corrected chi connectivity index (χ1v) is 21.8. The summed E-state index contributed by atoms with van der Waals surface area (Å²) in [7, 11) is 0. The minimum absolute atomic E-state index is 0.0342. The zero-order chi connectivity index (χ0) is 44.6. The van der Waals surface area contributed by atoms with Crippen molar-refractivity contribution >= 4 is 0 Å². The Kier molecular flexibility index (Phi) is 14.6. The molecule has 0 heteroatoms. The van der Waals surface area contributed by atoms with E-state index in [2.05, 4.69) is 213 Å². The van der Waals surface area contributed by atoms with E-state index in [1.807, 2.05) is 0 Å². The monoisotopic (exact) mass is 785 g/mol. The fourth-order valence-corrected chi connectivity index (χ4v) is 8.35. The lowest BCUT2D eigenvalue weighted by atomic mass is 9.75. The molecule has 0 aromatic heterocycles. The molecule has 0 bridgehead atoms. The Balaban J connectivity index is 0.000000196. The molecule has 0 heterocycles. The molecule has 6 rings (SSSR count). The van der Waals surface area contributed by atoms with E-state index in [-0.39, 0.29) is 5.41 Å². The van der Waals surface area contributed by atoms with Gasteiger partial charge in [-0.2, -0.15) is 0 Å². The predicted octanol–water partition coefficient (Wildman–Crippen LogP) is 16.9. The van der Waals surface area contributed by atoms with Crippen LogP contribution in [0.1, 0.15) is 136 Å². The van der Waals surface area contributed by atoms with Gasteiger partial charge in [-0.3, -0.25) is 0 Å². The maximum atomic E-state index is 2.36. The van der Waals surface area contributed by atoms with Crippen LogP contribution in [0.25, 0.3) is 22.3 Å². The van der Waals surface area contributed by atoms with Gasteiger partial charge in [0, 0.05) is 5.41 Å². The highest BCUT2D eigenvalue weighted by Gasteiger charge is 2.25. The van der Waals surface area contributed by atoms with E-state index in [1.165, 1.54) is 145 Å². The lowest BCUT2D eigenvalue weighted by Crippen LogP contribution is -2.20. The second-order valence-electron chi connectivity index (χ2n) is 18.8. The van der Waals surface area contributed by atoms with Crippen LogP contribution in [0.15, 0.2) is 60.7 Å². The Labute approximate surface area is 361 Å². The van der Waals surface area contributed by atoms with Crippen molar-refractivity contribution in [3.63, 3.8) is 0 Å². The Morgan fingerprint density at radius 1 is 0.220 bits per heavy atom. The fourth-order valence-electron chi connectivity index (χ4n) is 8.35. The number of rotatable bonds is 4. The summed E-state index contributed by atoms with van der Waals surface area (Å²) in [4.78, 5) is 0. The second kappa shape index (κ2) is 18.3. The largest absolute Gasteiger partial charge is 0.0549 e. The quantitative estimate of drug-likeness (QED) is 0.167. The fraction of sp³-hybridized carbons (Fsp3) is 0.390. The maximum absolute atomic E-state index is 2.36. The Bertz CT molecular complexity index is 2280. The van der Waals surface area contributed by atoms with E-state index >= 15 is 0 Å². The molecule has 6 aromatic carbocycles. The van der Waals surface area contributed by atoms with Crippen molar-refractivity contribution < 1.29 is 0 Å². The smallest absolute Gasteiger partial charge is 0.0146 e. The first-order chi connectivity index (χ1) is 27.3. The number of benzene rings is 6. The number of hydrogen-bond acceptors (Lipinski definition) is 0. The minimum atomic E-state index is 0.0342. The van der Waals surface area contributed by atoms with Gasteiger partial charge in [0.05, 0.1) is 0 Å². The standard InChI is InChI=1S/C21H28.C20H26.C18H22/c1-13-9-19(10-14(2)17(13)5)21(7,8)20-11-15(3)18(6)16(4)12-20;1-11-9-19(17(7)15(5)13(11)3)20-10-12(2)14(4)16(6)18(20)8;1-11-7-17(8-12(2)15(11)5)18-9-13(3)16(6)14(4)10-18/h9-12H,1-8H3;9-10H,1-8H3;7-10H,1-6H3. The highest BCUT2D eigenvalue weighted by Crippen LogP contribution is 2.37. The van der Waals surface area contributed by atoms with Gasteiger partial charge in [0.2, 0.25) is 0 Å². The third-order valence-electron chi connectivity index (χ3n) is 14.7.